The number of benzene rings is 3. The Morgan fingerprint density at radius 3 is 2.12 bits per heavy atom. The predicted molar refractivity (Wildman–Crippen MR) is 97.7 cm³/mol. The average molecular weight is 376 g/mol. The lowest BCUT2D eigenvalue weighted by molar-refractivity contribution is 0.563. The summed E-state index contributed by atoms with van der Waals surface area (Å²) in [6.07, 6.45) is 0. The zero-order valence-corrected chi connectivity index (χ0v) is 14.7. The zero-order valence-electron chi connectivity index (χ0n) is 13.1. The molecule has 0 aromatic heterocycles. The molecule has 0 N–H and O–H groups in total. The molecular formula is C19H15ClFNO2S. The Morgan fingerprint density at radius 2 is 1.48 bits per heavy atom. The van der Waals surface area contributed by atoms with E-state index < -0.39 is 20.7 Å². The summed E-state index contributed by atoms with van der Waals surface area (Å²) in [7, 11) is -4.13. The monoisotopic (exact) mass is 375 g/mol. The minimum atomic E-state index is -4.13. The summed E-state index contributed by atoms with van der Waals surface area (Å²) < 4.78 is 41.7. The SMILES string of the molecule is O=S(=O)(c1cc(Cl)ccc1F)N(Cc1ccccc1)c1ccccc1. The largest absolute Gasteiger partial charge is 0.267 e. The van der Waals surface area contributed by atoms with Gasteiger partial charge in [0.15, 0.2) is 0 Å². The molecule has 0 fully saturated rings. The Hall–Kier alpha value is -2.37. The Labute approximate surface area is 151 Å². The Morgan fingerprint density at radius 1 is 0.880 bits per heavy atom. The molecule has 3 aromatic rings. The summed E-state index contributed by atoms with van der Waals surface area (Å²) in [6.45, 7) is 0.0825. The van der Waals surface area contributed by atoms with E-state index in [9.17, 15) is 12.8 Å². The molecule has 0 atom stereocenters. The second kappa shape index (κ2) is 7.25. The van der Waals surface area contributed by atoms with Crippen molar-refractivity contribution in [2.45, 2.75) is 11.4 Å². The number of rotatable bonds is 5. The number of nitrogens with zero attached hydrogens (tertiary/aromatic N) is 1. The van der Waals surface area contributed by atoms with Gasteiger partial charge in [0.2, 0.25) is 0 Å². The van der Waals surface area contributed by atoms with Crippen molar-refractivity contribution in [2.75, 3.05) is 4.31 Å². The molecule has 6 heteroatoms. The summed E-state index contributed by atoms with van der Waals surface area (Å²) in [5.41, 5.74) is 1.24. The molecule has 128 valence electrons. The van der Waals surface area contributed by atoms with Crippen molar-refractivity contribution in [3.05, 3.63) is 95.3 Å². The van der Waals surface area contributed by atoms with Gasteiger partial charge in [-0.05, 0) is 35.9 Å². The van der Waals surface area contributed by atoms with Gasteiger partial charge < -0.3 is 0 Å². The van der Waals surface area contributed by atoms with Crippen molar-refractivity contribution in [1.82, 2.24) is 0 Å². The summed E-state index contributed by atoms with van der Waals surface area (Å²) >= 11 is 5.88. The quantitative estimate of drug-likeness (QED) is 0.637. The second-order valence-electron chi connectivity index (χ2n) is 5.41. The number of hydrogen-bond donors (Lipinski definition) is 0. The molecule has 0 aliphatic heterocycles. The fourth-order valence-electron chi connectivity index (χ4n) is 2.45. The smallest absolute Gasteiger partial charge is 0.262 e. The van der Waals surface area contributed by atoms with Gasteiger partial charge in [0.1, 0.15) is 10.7 Å². The molecule has 0 radical (unpaired) electrons. The van der Waals surface area contributed by atoms with Gasteiger partial charge in [0.25, 0.3) is 10.0 Å². The molecule has 3 rings (SSSR count). The molecule has 0 amide bonds. The van der Waals surface area contributed by atoms with E-state index in [1.807, 2.05) is 30.3 Å². The molecule has 0 bridgehead atoms. The van der Waals surface area contributed by atoms with Crippen LogP contribution in [0.4, 0.5) is 10.1 Å². The first-order chi connectivity index (χ1) is 12.0. The Kier molecular flexibility index (Phi) is 5.06. The summed E-state index contributed by atoms with van der Waals surface area (Å²) in [6, 6.07) is 21.2. The number of halogens is 2. The van der Waals surface area contributed by atoms with E-state index in [1.54, 1.807) is 30.3 Å². The number of sulfonamides is 1. The van der Waals surface area contributed by atoms with E-state index in [0.717, 1.165) is 17.7 Å². The third-order valence-corrected chi connectivity index (χ3v) is 5.70. The van der Waals surface area contributed by atoms with E-state index in [1.165, 1.54) is 10.4 Å². The van der Waals surface area contributed by atoms with Crippen LogP contribution < -0.4 is 4.31 Å². The highest BCUT2D eigenvalue weighted by Gasteiger charge is 2.28. The molecule has 0 spiro atoms. The van der Waals surface area contributed by atoms with Gasteiger partial charge >= 0.3 is 0 Å². The normalized spacial score (nSPS) is 11.3. The van der Waals surface area contributed by atoms with Gasteiger partial charge in [-0.3, -0.25) is 4.31 Å². The highest BCUT2D eigenvalue weighted by molar-refractivity contribution is 7.92. The molecule has 0 saturated carbocycles. The third kappa shape index (κ3) is 3.83. The predicted octanol–water partition coefficient (Wildman–Crippen LogP) is 4.87. The maximum Gasteiger partial charge on any atom is 0.267 e. The van der Waals surface area contributed by atoms with Crippen LogP contribution in [0.3, 0.4) is 0 Å². The molecule has 25 heavy (non-hydrogen) atoms. The van der Waals surface area contributed by atoms with Crippen LogP contribution in [0.25, 0.3) is 0 Å². The van der Waals surface area contributed by atoms with Crippen molar-refractivity contribution in [2.24, 2.45) is 0 Å². The molecular weight excluding hydrogens is 361 g/mol. The van der Waals surface area contributed by atoms with Crippen LogP contribution in [-0.4, -0.2) is 8.42 Å². The third-order valence-electron chi connectivity index (χ3n) is 3.67. The van der Waals surface area contributed by atoms with Gasteiger partial charge in [0, 0.05) is 5.02 Å². The van der Waals surface area contributed by atoms with E-state index >= 15 is 0 Å². The van der Waals surface area contributed by atoms with Crippen LogP contribution in [0, 0.1) is 5.82 Å². The van der Waals surface area contributed by atoms with Crippen LogP contribution in [-0.2, 0) is 16.6 Å². The highest BCUT2D eigenvalue weighted by atomic mass is 35.5. The first-order valence-corrected chi connectivity index (χ1v) is 9.37. The minimum absolute atomic E-state index is 0.0825. The van der Waals surface area contributed by atoms with E-state index in [4.69, 9.17) is 11.6 Å². The maximum absolute atomic E-state index is 14.2. The second-order valence-corrected chi connectivity index (χ2v) is 7.67. The topological polar surface area (TPSA) is 37.4 Å². The number of anilines is 1. The fraction of sp³-hybridized carbons (Fsp3) is 0.0526. The molecule has 0 aliphatic rings. The van der Waals surface area contributed by atoms with Gasteiger partial charge in [0.05, 0.1) is 12.2 Å². The fourth-order valence-corrected chi connectivity index (χ4v) is 4.24. The molecule has 0 saturated heterocycles. The van der Waals surface area contributed by atoms with Gasteiger partial charge in [-0.25, -0.2) is 12.8 Å². The lowest BCUT2D eigenvalue weighted by Crippen LogP contribution is -2.31. The lowest BCUT2D eigenvalue weighted by Gasteiger charge is -2.25. The summed E-state index contributed by atoms with van der Waals surface area (Å²) in [5, 5.41) is 0.160. The maximum atomic E-state index is 14.2. The number of para-hydroxylation sites is 1. The molecule has 0 unspecified atom stereocenters. The first kappa shape index (κ1) is 17.5. The summed E-state index contributed by atoms with van der Waals surface area (Å²) in [5.74, 6) is -0.835. The molecule has 0 aliphatic carbocycles. The zero-order chi connectivity index (χ0) is 17.9. The van der Waals surface area contributed by atoms with Crippen molar-refractivity contribution < 1.29 is 12.8 Å². The lowest BCUT2D eigenvalue weighted by atomic mass is 10.2. The van der Waals surface area contributed by atoms with Crippen LogP contribution in [0.1, 0.15) is 5.56 Å². The van der Waals surface area contributed by atoms with Gasteiger partial charge in [-0.15, -0.1) is 0 Å². The summed E-state index contributed by atoms with van der Waals surface area (Å²) in [4.78, 5) is -0.445. The average Bonchev–Trinajstić information content (AvgIpc) is 2.63. The molecule has 3 aromatic carbocycles. The first-order valence-electron chi connectivity index (χ1n) is 7.55. The van der Waals surface area contributed by atoms with E-state index in [2.05, 4.69) is 0 Å². The van der Waals surface area contributed by atoms with Crippen LogP contribution in [0.5, 0.6) is 0 Å². The van der Waals surface area contributed by atoms with E-state index in [-0.39, 0.29) is 11.6 Å². The van der Waals surface area contributed by atoms with Crippen LogP contribution in [0.15, 0.2) is 83.8 Å². The molecule has 0 heterocycles. The van der Waals surface area contributed by atoms with Crippen molar-refractivity contribution in [3.8, 4) is 0 Å². The Balaban J connectivity index is 2.12. The highest BCUT2D eigenvalue weighted by Crippen LogP contribution is 2.28. The van der Waals surface area contributed by atoms with Gasteiger partial charge in [-0.2, -0.15) is 0 Å². The standard InChI is InChI=1S/C19H15ClFNO2S/c20-16-11-12-18(21)19(13-16)25(23,24)22(17-9-5-2-6-10-17)14-15-7-3-1-4-8-15/h1-13H,14H2. The molecule has 3 nitrogen and oxygen atoms in total. The minimum Gasteiger partial charge on any atom is -0.262 e. The van der Waals surface area contributed by atoms with Crippen LogP contribution in [0.2, 0.25) is 5.02 Å². The number of hydrogen-bond acceptors (Lipinski definition) is 2. The van der Waals surface area contributed by atoms with Crippen molar-refractivity contribution in [3.63, 3.8) is 0 Å². The van der Waals surface area contributed by atoms with E-state index in [0.29, 0.717) is 5.69 Å². The van der Waals surface area contributed by atoms with Gasteiger partial charge in [-0.1, -0.05) is 60.1 Å². The van der Waals surface area contributed by atoms with Crippen molar-refractivity contribution in [1.29, 1.82) is 0 Å². The van der Waals surface area contributed by atoms with Crippen molar-refractivity contribution >= 4 is 27.3 Å². The van der Waals surface area contributed by atoms with Crippen LogP contribution >= 0.6 is 11.6 Å². The Bertz CT molecular complexity index is 963.